The average molecular weight is 504 g/mol. The normalized spacial score (nSPS) is 14.1. The summed E-state index contributed by atoms with van der Waals surface area (Å²) in [6.45, 7) is 1.25. The molecule has 0 radical (unpaired) electrons. The van der Waals surface area contributed by atoms with Crippen LogP contribution in [-0.4, -0.2) is 73.9 Å². The van der Waals surface area contributed by atoms with Crippen molar-refractivity contribution in [3.8, 4) is 5.75 Å². The van der Waals surface area contributed by atoms with Gasteiger partial charge >= 0.3 is 5.97 Å². The lowest BCUT2D eigenvalue weighted by atomic mass is 10.0. The molecule has 0 fully saturated rings. The predicted octanol–water partition coefficient (Wildman–Crippen LogP) is -2.34. The van der Waals surface area contributed by atoms with Crippen molar-refractivity contribution < 1.29 is 34.2 Å². The van der Waals surface area contributed by atoms with Gasteiger partial charge in [0.1, 0.15) is 23.9 Å². The van der Waals surface area contributed by atoms with Crippen LogP contribution in [0.3, 0.4) is 0 Å². The molecule has 14 heteroatoms. The zero-order valence-corrected chi connectivity index (χ0v) is 19.4. The van der Waals surface area contributed by atoms with Gasteiger partial charge in [0, 0.05) is 24.7 Å². The molecule has 4 unspecified atom stereocenters. The van der Waals surface area contributed by atoms with E-state index in [1.165, 1.54) is 43.7 Å². The second-order valence-corrected chi connectivity index (χ2v) is 8.12. The number of amides is 4. The number of aromatic amines is 1. The van der Waals surface area contributed by atoms with Crippen LogP contribution in [0.4, 0.5) is 0 Å². The number of carbonyl (C=O) groups excluding carboxylic acids is 4. The standard InChI is InChI=1S/C22H29N7O7/c1-11(22(35)36)27-20(33)16(6-12-2-4-14(30)5-3-12)29-21(34)17(8-18(24)31)28-19(32)15(23)7-13-9-25-10-26-13/h2-5,9-11,15-17,30H,6-8,23H2,1H3,(H2,24,31)(H,25,26)(H,27,33)(H,28,32)(H,29,34)(H,35,36). The van der Waals surface area contributed by atoms with Crippen LogP contribution in [-0.2, 0) is 36.8 Å². The van der Waals surface area contributed by atoms with Crippen LogP contribution in [0.1, 0.15) is 24.6 Å². The first-order chi connectivity index (χ1) is 17.0. The number of carboxylic acid groups (broad SMARTS) is 1. The minimum atomic E-state index is -1.45. The summed E-state index contributed by atoms with van der Waals surface area (Å²) in [5.41, 5.74) is 12.2. The Morgan fingerprint density at radius 2 is 1.58 bits per heavy atom. The second-order valence-electron chi connectivity index (χ2n) is 8.12. The van der Waals surface area contributed by atoms with Gasteiger partial charge in [-0.15, -0.1) is 0 Å². The molecule has 1 aromatic carbocycles. The number of imidazole rings is 1. The highest BCUT2D eigenvalue weighted by Gasteiger charge is 2.30. The van der Waals surface area contributed by atoms with Gasteiger partial charge in [-0.05, 0) is 24.6 Å². The van der Waals surface area contributed by atoms with Crippen LogP contribution in [0.15, 0.2) is 36.8 Å². The Morgan fingerprint density at radius 1 is 0.972 bits per heavy atom. The summed E-state index contributed by atoms with van der Waals surface area (Å²) in [5, 5.41) is 25.6. The van der Waals surface area contributed by atoms with E-state index in [2.05, 4.69) is 25.9 Å². The summed E-state index contributed by atoms with van der Waals surface area (Å²) in [6, 6.07) is 0.718. The third-order valence-corrected chi connectivity index (χ3v) is 5.11. The Labute approximate surface area is 205 Å². The smallest absolute Gasteiger partial charge is 0.325 e. The molecule has 10 N–H and O–H groups in total. The van der Waals surface area contributed by atoms with E-state index in [-0.39, 0.29) is 18.6 Å². The Balaban J connectivity index is 2.17. The number of primary amides is 1. The number of hydrogen-bond donors (Lipinski definition) is 8. The molecule has 1 aromatic heterocycles. The minimum absolute atomic E-state index is 0.0148. The number of aromatic nitrogens is 2. The fourth-order valence-corrected chi connectivity index (χ4v) is 3.14. The van der Waals surface area contributed by atoms with Crippen molar-refractivity contribution in [2.75, 3.05) is 0 Å². The zero-order chi connectivity index (χ0) is 26.8. The van der Waals surface area contributed by atoms with Crippen molar-refractivity contribution >= 4 is 29.6 Å². The summed E-state index contributed by atoms with van der Waals surface area (Å²) >= 11 is 0. The fourth-order valence-electron chi connectivity index (χ4n) is 3.14. The van der Waals surface area contributed by atoms with E-state index >= 15 is 0 Å². The molecule has 36 heavy (non-hydrogen) atoms. The first-order valence-corrected chi connectivity index (χ1v) is 10.9. The third-order valence-electron chi connectivity index (χ3n) is 5.11. The van der Waals surface area contributed by atoms with Crippen molar-refractivity contribution in [1.82, 2.24) is 25.9 Å². The minimum Gasteiger partial charge on any atom is -0.508 e. The van der Waals surface area contributed by atoms with Gasteiger partial charge in [0.2, 0.25) is 23.6 Å². The summed E-state index contributed by atoms with van der Waals surface area (Å²) in [6.07, 6.45) is 2.31. The largest absolute Gasteiger partial charge is 0.508 e. The van der Waals surface area contributed by atoms with Crippen LogP contribution in [0.5, 0.6) is 5.75 Å². The lowest BCUT2D eigenvalue weighted by molar-refractivity contribution is -0.142. The van der Waals surface area contributed by atoms with Crippen LogP contribution in [0.2, 0.25) is 0 Å². The van der Waals surface area contributed by atoms with E-state index in [4.69, 9.17) is 16.6 Å². The first kappa shape index (κ1) is 27.8. The highest BCUT2D eigenvalue weighted by Crippen LogP contribution is 2.12. The molecule has 0 spiro atoms. The number of carbonyl (C=O) groups is 5. The number of aliphatic carboxylic acids is 1. The third kappa shape index (κ3) is 8.72. The van der Waals surface area contributed by atoms with Gasteiger partial charge < -0.3 is 42.6 Å². The second kappa shape index (κ2) is 12.9. The molecule has 4 amide bonds. The predicted molar refractivity (Wildman–Crippen MR) is 125 cm³/mol. The Hall–Kier alpha value is -4.46. The van der Waals surface area contributed by atoms with Gasteiger partial charge in [0.15, 0.2) is 0 Å². The van der Waals surface area contributed by atoms with E-state index in [9.17, 15) is 29.1 Å². The molecule has 0 bridgehead atoms. The highest BCUT2D eigenvalue weighted by atomic mass is 16.4. The molecule has 0 aliphatic rings. The Morgan fingerprint density at radius 3 is 2.14 bits per heavy atom. The van der Waals surface area contributed by atoms with Crippen molar-refractivity contribution in [3.05, 3.63) is 48.0 Å². The van der Waals surface area contributed by atoms with Gasteiger partial charge in [-0.3, -0.25) is 24.0 Å². The van der Waals surface area contributed by atoms with Gasteiger partial charge in [-0.2, -0.15) is 0 Å². The number of hydrogen-bond acceptors (Lipinski definition) is 8. The SMILES string of the molecule is CC(NC(=O)C(Cc1ccc(O)cc1)NC(=O)C(CC(N)=O)NC(=O)C(N)Cc1cnc[nH]1)C(=O)O. The van der Waals surface area contributed by atoms with Crippen molar-refractivity contribution in [2.45, 2.75) is 50.4 Å². The van der Waals surface area contributed by atoms with Crippen LogP contribution in [0.25, 0.3) is 0 Å². The van der Waals surface area contributed by atoms with Crippen molar-refractivity contribution in [2.24, 2.45) is 11.5 Å². The number of nitrogens with zero attached hydrogens (tertiary/aromatic N) is 1. The van der Waals surface area contributed by atoms with Crippen LogP contribution >= 0.6 is 0 Å². The molecular formula is C22H29N7O7. The molecule has 194 valence electrons. The highest BCUT2D eigenvalue weighted by molar-refractivity contribution is 5.96. The monoisotopic (exact) mass is 503 g/mol. The molecular weight excluding hydrogens is 474 g/mol. The van der Waals surface area contributed by atoms with Crippen molar-refractivity contribution in [3.63, 3.8) is 0 Å². The maximum atomic E-state index is 13.0. The van der Waals surface area contributed by atoms with E-state index in [1.54, 1.807) is 0 Å². The number of aromatic hydroxyl groups is 1. The molecule has 4 atom stereocenters. The average Bonchev–Trinajstić information content (AvgIpc) is 3.32. The molecule has 14 nitrogen and oxygen atoms in total. The van der Waals surface area contributed by atoms with Gasteiger partial charge in [0.05, 0.1) is 18.8 Å². The molecule has 2 aromatic rings. The number of nitrogens with one attached hydrogen (secondary N) is 4. The Kier molecular flexibility index (Phi) is 9.92. The molecule has 0 aliphatic carbocycles. The number of benzene rings is 1. The summed E-state index contributed by atoms with van der Waals surface area (Å²) in [7, 11) is 0. The fraction of sp³-hybridized carbons (Fsp3) is 0.364. The number of phenolic OH excluding ortho intramolecular Hbond substituents is 1. The van der Waals surface area contributed by atoms with E-state index < -0.39 is 60.2 Å². The van der Waals surface area contributed by atoms with E-state index in [0.717, 1.165) is 0 Å². The summed E-state index contributed by atoms with van der Waals surface area (Å²) < 4.78 is 0. The molecule has 1 heterocycles. The zero-order valence-electron chi connectivity index (χ0n) is 19.4. The van der Waals surface area contributed by atoms with Crippen molar-refractivity contribution in [1.29, 1.82) is 0 Å². The first-order valence-electron chi connectivity index (χ1n) is 10.9. The summed E-state index contributed by atoms with van der Waals surface area (Å²) in [4.78, 5) is 67.7. The van der Waals surface area contributed by atoms with Gasteiger partial charge in [0.25, 0.3) is 0 Å². The number of phenols is 1. The lowest BCUT2D eigenvalue weighted by Gasteiger charge is -2.24. The molecule has 0 aliphatic heterocycles. The van der Waals surface area contributed by atoms with E-state index in [0.29, 0.717) is 11.3 Å². The number of H-pyrrole nitrogens is 1. The lowest BCUT2D eigenvalue weighted by Crippen LogP contribution is -2.58. The molecule has 0 saturated carbocycles. The van der Waals surface area contributed by atoms with Gasteiger partial charge in [-0.1, -0.05) is 12.1 Å². The maximum Gasteiger partial charge on any atom is 0.325 e. The quantitative estimate of drug-likeness (QED) is 0.146. The number of carboxylic acids is 1. The summed E-state index contributed by atoms with van der Waals surface area (Å²) in [5.74, 6) is -4.66. The maximum absolute atomic E-state index is 13.0. The van der Waals surface area contributed by atoms with Crippen LogP contribution < -0.4 is 27.4 Å². The number of rotatable bonds is 13. The van der Waals surface area contributed by atoms with Gasteiger partial charge in [-0.25, -0.2) is 4.98 Å². The topological polar surface area (TPSA) is 243 Å². The van der Waals surface area contributed by atoms with Crippen LogP contribution in [0, 0.1) is 0 Å². The Bertz CT molecular complexity index is 1070. The number of nitrogens with two attached hydrogens (primary N) is 2. The van der Waals surface area contributed by atoms with E-state index in [1.807, 2.05) is 0 Å². The molecule has 2 rings (SSSR count). The molecule has 0 saturated heterocycles.